The van der Waals surface area contributed by atoms with Crippen LogP contribution < -0.4 is 15.4 Å². The first-order chi connectivity index (χ1) is 11.8. The van der Waals surface area contributed by atoms with Crippen LogP contribution in [-0.4, -0.2) is 38.8 Å². The molecule has 5 nitrogen and oxygen atoms in total. The van der Waals surface area contributed by atoms with E-state index >= 15 is 0 Å². The van der Waals surface area contributed by atoms with Crippen LogP contribution in [-0.2, 0) is 15.7 Å². The number of alkyl halides is 3. The maximum Gasteiger partial charge on any atom is 0.416 e. The number of anilines is 1. The molecule has 1 aromatic carbocycles. The van der Waals surface area contributed by atoms with E-state index in [1.54, 1.807) is 0 Å². The van der Waals surface area contributed by atoms with Gasteiger partial charge in [-0.3, -0.25) is 4.79 Å². The average Bonchev–Trinajstić information content (AvgIpc) is 2.55. The Balaban J connectivity index is 2.17. The minimum Gasteiger partial charge on any atom is -0.489 e. The summed E-state index contributed by atoms with van der Waals surface area (Å²) in [4.78, 5) is 12.5. The lowest BCUT2D eigenvalue weighted by Crippen LogP contribution is -2.40. The summed E-state index contributed by atoms with van der Waals surface area (Å²) in [6.07, 6.45) is -3.20. The quantitative estimate of drug-likeness (QED) is 0.766. The first-order valence-corrected chi connectivity index (χ1v) is 8.18. The summed E-state index contributed by atoms with van der Waals surface area (Å²) in [5.41, 5.74) is -0.803. The zero-order valence-corrected chi connectivity index (χ0v) is 14.3. The zero-order chi connectivity index (χ0) is 18.4. The van der Waals surface area contributed by atoms with Crippen molar-refractivity contribution in [3.05, 3.63) is 23.8 Å². The van der Waals surface area contributed by atoms with Gasteiger partial charge in [0.2, 0.25) is 5.91 Å². The zero-order valence-electron chi connectivity index (χ0n) is 14.3. The summed E-state index contributed by atoms with van der Waals surface area (Å²) in [5.74, 6) is -0.331. The van der Waals surface area contributed by atoms with Crippen LogP contribution in [0.1, 0.15) is 25.3 Å². The van der Waals surface area contributed by atoms with Crippen LogP contribution in [0, 0.1) is 5.92 Å². The van der Waals surface area contributed by atoms with Gasteiger partial charge >= 0.3 is 6.18 Å². The summed E-state index contributed by atoms with van der Waals surface area (Å²) in [7, 11) is 1.50. The minimum atomic E-state index is -4.49. The summed E-state index contributed by atoms with van der Waals surface area (Å²) < 4.78 is 49.2. The number of carbonyl (C=O) groups is 1. The molecule has 1 aliphatic heterocycles. The van der Waals surface area contributed by atoms with Crippen molar-refractivity contribution in [2.75, 3.05) is 32.2 Å². The molecule has 2 atom stereocenters. The highest BCUT2D eigenvalue weighted by atomic mass is 19.4. The molecule has 1 amide bonds. The van der Waals surface area contributed by atoms with Gasteiger partial charge in [-0.1, -0.05) is 0 Å². The second kappa shape index (κ2) is 8.53. The van der Waals surface area contributed by atoms with E-state index in [9.17, 15) is 18.0 Å². The standard InChI is InChI=1S/C17H23F3N2O3/c1-11-9-12(5-6-21-11)16(23)22-14-10-13(17(18,19)20)3-4-15(14)25-8-7-24-2/h3-4,10-12,21H,5-9H2,1-2H3,(H,22,23)/t11-,12-/m0/s1. The molecule has 140 valence electrons. The van der Waals surface area contributed by atoms with E-state index in [0.717, 1.165) is 12.1 Å². The SMILES string of the molecule is COCCOc1ccc(C(F)(F)F)cc1NC(=O)[C@H]1CCN[C@@H](C)C1. The molecule has 25 heavy (non-hydrogen) atoms. The lowest BCUT2D eigenvalue weighted by atomic mass is 9.92. The highest BCUT2D eigenvalue weighted by molar-refractivity contribution is 5.94. The fourth-order valence-corrected chi connectivity index (χ4v) is 2.77. The van der Waals surface area contributed by atoms with Crippen molar-refractivity contribution in [1.29, 1.82) is 0 Å². The lowest BCUT2D eigenvalue weighted by molar-refractivity contribution is -0.137. The smallest absolute Gasteiger partial charge is 0.416 e. The van der Waals surface area contributed by atoms with E-state index in [4.69, 9.17) is 9.47 Å². The highest BCUT2D eigenvalue weighted by Gasteiger charge is 2.32. The molecule has 1 saturated heterocycles. The van der Waals surface area contributed by atoms with E-state index in [2.05, 4.69) is 10.6 Å². The maximum absolute atomic E-state index is 13.0. The molecule has 0 aliphatic carbocycles. The number of amides is 1. The van der Waals surface area contributed by atoms with E-state index in [-0.39, 0.29) is 35.9 Å². The topological polar surface area (TPSA) is 59.6 Å². The predicted molar refractivity (Wildman–Crippen MR) is 87.6 cm³/mol. The fourth-order valence-electron chi connectivity index (χ4n) is 2.77. The largest absolute Gasteiger partial charge is 0.489 e. The normalized spacial score (nSPS) is 21.0. The Kier molecular flexibility index (Phi) is 6.66. The van der Waals surface area contributed by atoms with Gasteiger partial charge in [-0.05, 0) is 44.5 Å². The van der Waals surface area contributed by atoms with Crippen LogP contribution in [0.4, 0.5) is 18.9 Å². The van der Waals surface area contributed by atoms with E-state index in [0.29, 0.717) is 26.0 Å². The number of hydrogen-bond donors (Lipinski definition) is 2. The fraction of sp³-hybridized carbons (Fsp3) is 0.588. The third-order valence-electron chi connectivity index (χ3n) is 4.10. The molecule has 2 rings (SSSR count). The Morgan fingerprint density at radius 3 is 2.76 bits per heavy atom. The van der Waals surface area contributed by atoms with Gasteiger partial charge in [0, 0.05) is 19.1 Å². The van der Waals surface area contributed by atoms with Crippen molar-refractivity contribution < 1.29 is 27.4 Å². The van der Waals surface area contributed by atoms with Gasteiger partial charge in [0.05, 0.1) is 17.9 Å². The summed E-state index contributed by atoms with van der Waals surface area (Å²) in [6.45, 7) is 3.15. The predicted octanol–water partition coefficient (Wildman–Crippen LogP) is 3.06. The molecule has 0 saturated carbocycles. The van der Waals surface area contributed by atoms with Crippen LogP contribution in [0.5, 0.6) is 5.75 Å². The van der Waals surface area contributed by atoms with Gasteiger partial charge in [-0.2, -0.15) is 13.2 Å². The molecule has 2 N–H and O–H groups in total. The Labute approximate surface area is 144 Å². The molecule has 1 heterocycles. The Morgan fingerprint density at radius 1 is 1.36 bits per heavy atom. The summed E-state index contributed by atoms with van der Waals surface area (Å²) in [5, 5.41) is 5.85. The molecule has 0 spiro atoms. The number of nitrogens with one attached hydrogen (secondary N) is 2. The number of hydrogen-bond acceptors (Lipinski definition) is 4. The Hall–Kier alpha value is -1.80. The number of ether oxygens (including phenoxy) is 2. The Morgan fingerprint density at radius 2 is 2.12 bits per heavy atom. The van der Waals surface area contributed by atoms with Gasteiger partial charge in [-0.15, -0.1) is 0 Å². The first-order valence-electron chi connectivity index (χ1n) is 8.18. The van der Waals surface area contributed by atoms with Crippen molar-refractivity contribution in [2.45, 2.75) is 32.0 Å². The maximum atomic E-state index is 13.0. The first kappa shape index (κ1) is 19.5. The van der Waals surface area contributed by atoms with Crippen LogP contribution in [0.3, 0.4) is 0 Å². The lowest BCUT2D eigenvalue weighted by Gasteiger charge is -2.27. The summed E-state index contributed by atoms with van der Waals surface area (Å²) in [6, 6.07) is 3.26. The minimum absolute atomic E-state index is 0.0297. The van der Waals surface area contributed by atoms with E-state index in [1.165, 1.54) is 13.2 Å². The van der Waals surface area contributed by atoms with Crippen molar-refractivity contribution in [3.63, 3.8) is 0 Å². The van der Waals surface area contributed by atoms with Gasteiger partial charge in [0.25, 0.3) is 0 Å². The van der Waals surface area contributed by atoms with E-state index in [1.807, 2.05) is 6.92 Å². The summed E-state index contributed by atoms with van der Waals surface area (Å²) >= 11 is 0. The number of halogens is 3. The van der Waals surface area contributed by atoms with Crippen molar-refractivity contribution in [1.82, 2.24) is 5.32 Å². The molecular weight excluding hydrogens is 337 g/mol. The second-order valence-electron chi connectivity index (χ2n) is 6.12. The van der Waals surface area contributed by atoms with Crippen LogP contribution >= 0.6 is 0 Å². The third kappa shape index (κ3) is 5.61. The molecule has 0 radical (unpaired) electrons. The van der Waals surface area contributed by atoms with Gasteiger partial charge in [0.15, 0.2) is 0 Å². The van der Waals surface area contributed by atoms with Crippen molar-refractivity contribution in [2.24, 2.45) is 5.92 Å². The number of piperidine rings is 1. The van der Waals surface area contributed by atoms with Crippen molar-refractivity contribution in [3.8, 4) is 5.75 Å². The average molecular weight is 360 g/mol. The molecule has 0 bridgehead atoms. The molecular formula is C17H23F3N2O3. The van der Waals surface area contributed by atoms with Gasteiger partial charge in [-0.25, -0.2) is 0 Å². The third-order valence-corrected chi connectivity index (χ3v) is 4.10. The number of methoxy groups -OCH3 is 1. The molecule has 0 unspecified atom stereocenters. The van der Waals surface area contributed by atoms with Crippen LogP contribution in [0.25, 0.3) is 0 Å². The number of carbonyl (C=O) groups excluding carboxylic acids is 1. The molecule has 1 aliphatic rings. The highest BCUT2D eigenvalue weighted by Crippen LogP contribution is 2.35. The van der Waals surface area contributed by atoms with Crippen LogP contribution in [0.15, 0.2) is 18.2 Å². The molecule has 1 fully saturated rings. The number of benzene rings is 1. The molecule has 0 aromatic heterocycles. The molecule has 1 aromatic rings. The van der Waals surface area contributed by atoms with E-state index < -0.39 is 11.7 Å². The van der Waals surface area contributed by atoms with Gasteiger partial charge in [0.1, 0.15) is 12.4 Å². The Bertz CT molecular complexity index is 593. The molecule has 8 heteroatoms. The second-order valence-corrected chi connectivity index (χ2v) is 6.12. The number of rotatable bonds is 6. The van der Waals surface area contributed by atoms with Crippen LogP contribution in [0.2, 0.25) is 0 Å². The van der Waals surface area contributed by atoms with Crippen molar-refractivity contribution >= 4 is 11.6 Å². The van der Waals surface area contributed by atoms with Gasteiger partial charge < -0.3 is 20.1 Å². The monoisotopic (exact) mass is 360 g/mol.